The number of aromatic nitrogens is 1. The van der Waals surface area contributed by atoms with E-state index in [0.29, 0.717) is 6.42 Å². The van der Waals surface area contributed by atoms with Crippen molar-refractivity contribution in [1.29, 1.82) is 5.26 Å². The van der Waals surface area contributed by atoms with Crippen LogP contribution in [0.4, 0.5) is 0 Å². The topological polar surface area (TPSA) is 28.7 Å². The Hall–Kier alpha value is -1.75. The van der Waals surface area contributed by atoms with Gasteiger partial charge in [-0.25, -0.2) is 0 Å². The van der Waals surface area contributed by atoms with E-state index in [0.717, 1.165) is 19.4 Å². The molecule has 0 saturated carbocycles. The number of rotatable bonds is 8. The number of nitrogens with zero attached hydrogens (tertiary/aromatic N) is 2. The van der Waals surface area contributed by atoms with Gasteiger partial charge in [0.05, 0.1) is 6.07 Å². The van der Waals surface area contributed by atoms with Crippen LogP contribution in [0.25, 0.3) is 10.9 Å². The van der Waals surface area contributed by atoms with Gasteiger partial charge in [-0.2, -0.15) is 5.26 Å². The van der Waals surface area contributed by atoms with Gasteiger partial charge in [-0.3, -0.25) is 0 Å². The summed E-state index contributed by atoms with van der Waals surface area (Å²) in [4.78, 5) is 0. The molecule has 2 aromatic rings. The van der Waals surface area contributed by atoms with Crippen molar-refractivity contribution in [3.8, 4) is 6.07 Å². The fourth-order valence-electron chi connectivity index (χ4n) is 2.76. The first-order valence-corrected chi connectivity index (χ1v) is 7.80. The summed E-state index contributed by atoms with van der Waals surface area (Å²) >= 11 is 0. The molecule has 2 heteroatoms. The molecule has 0 amide bonds. The molecule has 0 spiro atoms. The average Bonchev–Trinajstić information content (AvgIpc) is 2.83. The molecule has 0 fully saturated rings. The second-order valence-electron chi connectivity index (χ2n) is 5.44. The van der Waals surface area contributed by atoms with Gasteiger partial charge >= 0.3 is 0 Å². The van der Waals surface area contributed by atoms with Crippen molar-refractivity contribution in [2.24, 2.45) is 0 Å². The van der Waals surface area contributed by atoms with Gasteiger partial charge in [0, 0.05) is 30.1 Å². The molecule has 0 saturated heterocycles. The fourth-order valence-corrected chi connectivity index (χ4v) is 2.76. The first-order valence-electron chi connectivity index (χ1n) is 7.80. The molecule has 2 rings (SSSR count). The minimum absolute atomic E-state index is 0.669. The monoisotopic (exact) mass is 268 g/mol. The molecule has 1 aromatic heterocycles. The van der Waals surface area contributed by atoms with E-state index in [1.54, 1.807) is 0 Å². The second kappa shape index (κ2) is 7.75. The summed E-state index contributed by atoms with van der Waals surface area (Å²) in [5, 5.41) is 10.0. The number of fused-ring (bicyclic) bond motifs is 1. The predicted octanol–water partition coefficient (Wildman–Crippen LogP) is 5.07. The highest BCUT2D eigenvalue weighted by molar-refractivity contribution is 5.83. The van der Waals surface area contributed by atoms with Crippen molar-refractivity contribution in [3.63, 3.8) is 0 Å². The summed E-state index contributed by atoms with van der Waals surface area (Å²) < 4.78 is 2.37. The third-order valence-corrected chi connectivity index (χ3v) is 3.86. The molecule has 0 atom stereocenters. The molecule has 0 bridgehead atoms. The van der Waals surface area contributed by atoms with Crippen molar-refractivity contribution in [2.75, 3.05) is 0 Å². The predicted molar refractivity (Wildman–Crippen MR) is 84.6 cm³/mol. The Morgan fingerprint density at radius 3 is 2.75 bits per heavy atom. The minimum atomic E-state index is 0.669. The average molecular weight is 268 g/mol. The van der Waals surface area contributed by atoms with Crippen LogP contribution < -0.4 is 0 Å². The van der Waals surface area contributed by atoms with E-state index < -0.39 is 0 Å². The summed E-state index contributed by atoms with van der Waals surface area (Å²) in [5.41, 5.74) is 2.82. The lowest BCUT2D eigenvalue weighted by Crippen LogP contribution is -1.95. The maximum Gasteiger partial charge on any atom is 0.0621 e. The summed E-state index contributed by atoms with van der Waals surface area (Å²) in [6, 6.07) is 10.9. The quantitative estimate of drug-likeness (QED) is 0.614. The smallest absolute Gasteiger partial charge is 0.0621 e. The normalized spacial score (nSPS) is 10.8. The summed E-state index contributed by atoms with van der Waals surface area (Å²) in [7, 11) is 0. The molecule has 1 aromatic carbocycles. The van der Waals surface area contributed by atoms with Gasteiger partial charge in [0.1, 0.15) is 0 Å². The number of para-hydroxylation sites is 1. The highest BCUT2D eigenvalue weighted by Crippen LogP contribution is 2.23. The Kier molecular flexibility index (Phi) is 5.68. The van der Waals surface area contributed by atoms with E-state index >= 15 is 0 Å². The Bertz CT molecular complexity index is 575. The first-order chi connectivity index (χ1) is 9.86. The van der Waals surface area contributed by atoms with Crippen LogP contribution >= 0.6 is 0 Å². The van der Waals surface area contributed by atoms with Crippen LogP contribution in [-0.4, -0.2) is 4.57 Å². The zero-order valence-corrected chi connectivity index (χ0v) is 12.4. The highest BCUT2D eigenvalue weighted by atomic mass is 15.0. The maximum atomic E-state index is 8.60. The van der Waals surface area contributed by atoms with Crippen LogP contribution in [0.5, 0.6) is 0 Å². The molecule has 0 aliphatic heterocycles. The largest absolute Gasteiger partial charge is 0.347 e. The maximum absolute atomic E-state index is 8.60. The van der Waals surface area contributed by atoms with Gasteiger partial charge in [-0.1, -0.05) is 38.0 Å². The molecule has 0 N–H and O–H groups in total. The molecular weight excluding hydrogens is 244 g/mol. The number of unbranched alkanes of at least 4 members (excludes halogenated alkanes) is 4. The fraction of sp³-hybridized carbons (Fsp3) is 0.500. The van der Waals surface area contributed by atoms with E-state index in [2.05, 4.69) is 48.0 Å². The summed E-state index contributed by atoms with van der Waals surface area (Å²) in [6.45, 7) is 3.27. The summed E-state index contributed by atoms with van der Waals surface area (Å²) in [5.74, 6) is 0. The van der Waals surface area contributed by atoms with Crippen molar-refractivity contribution in [3.05, 3.63) is 36.0 Å². The van der Waals surface area contributed by atoms with Gasteiger partial charge in [0.25, 0.3) is 0 Å². The van der Waals surface area contributed by atoms with Crippen molar-refractivity contribution < 1.29 is 0 Å². The molecule has 106 valence electrons. The molecule has 2 nitrogen and oxygen atoms in total. The van der Waals surface area contributed by atoms with Crippen LogP contribution in [0.3, 0.4) is 0 Å². The zero-order chi connectivity index (χ0) is 14.2. The number of nitriles is 1. The van der Waals surface area contributed by atoms with Gasteiger partial charge < -0.3 is 4.57 Å². The lowest BCUT2D eigenvalue weighted by atomic mass is 10.1. The number of benzene rings is 1. The molecule has 0 unspecified atom stereocenters. The third-order valence-electron chi connectivity index (χ3n) is 3.86. The number of hydrogen-bond acceptors (Lipinski definition) is 1. The number of hydrogen-bond donors (Lipinski definition) is 0. The third kappa shape index (κ3) is 3.63. The Morgan fingerprint density at radius 2 is 1.95 bits per heavy atom. The molecule has 20 heavy (non-hydrogen) atoms. The van der Waals surface area contributed by atoms with E-state index in [1.807, 2.05) is 0 Å². The Morgan fingerprint density at radius 1 is 1.10 bits per heavy atom. The Labute approximate surface area is 122 Å². The highest BCUT2D eigenvalue weighted by Gasteiger charge is 2.07. The van der Waals surface area contributed by atoms with E-state index in [-0.39, 0.29) is 0 Å². The van der Waals surface area contributed by atoms with Gasteiger partial charge in [0.2, 0.25) is 0 Å². The molecule has 0 aliphatic carbocycles. The molecule has 0 aliphatic rings. The molecule has 0 radical (unpaired) electrons. The van der Waals surface area contributed by atoms with Crippen LogP contribution in [0, 0.1) is 11.3 Å². The van der Waals surface area contributed by atoms with E-state index in [1.165, 1.54) is 42.1 Å². The van der Waals surface area contributed by atoms with Gasteiger partial charge in [0.15, 0.2) is 0 Å². The number of aryl methyl sites for hydroxylation is 2. The van der Waals surface area contributed by atoms with Crippen molar-refractivity contribution in [2.45, 2.75) is 58.4 Å². The van der Waals surface area contributed by atoms with Crippen LogP contribution in [0.15, 0.2) is 30.5 Å². The lowest BCUT2D eigenvalue weighted by Gasteiger charge is -2.03. The van der Waals surface area contributed by atoms with Gasteiger partial charge in [-0.15, -0.1) is 0 Å². The second-order valence-corrected chi connectivity index (χ2v) is 5.44. The van der Waals surface area contributed by atoms with Gasteiger partial charge in [-0.05, 0) is 37.3 Å². The molecular formula is C18H24N2. The van der Waals surface area contributed by atoms with Crippen LogP contribution in [0.1, 0.15) is 51.0 Å². The SMILES string of the molecule is CCCCCc1cn(CCCCC#N)c2ccccc12. The van der Waals surface area contributed by atoms with Crippen LogP contribution in [0.2, 0.25) is 0 Å². The minimum Gasteiger partial charge on any atom is -0.347 e. The first kappa shape index (κ1) is 14.7. The zero-order valence-electron chi connectivity index (χ0n) is 12.4. The Balaban J connectivity index is 2.11. The summed E-state index contributed by atoms with van der Waals surface area (Å²) in [6.07, 6.45) is 10.1. The molecule has 1 heterocycles. The van der Waals surface area contributed by atoms with E-state index in [9.17, 15) is 0 Å². The van der Waals surface area contributed by atoms with Crippen LogP contribution in [-0.2, 0) is 13.0 Å². The lowest BCUT2D eigenvalue weighted by molar-refractivity contribution is 0.629. The van der Waals surface area contributed by atoms with E-state index in [4.69, 9.17) is 5.26 Å². The van der Waals surface area contributed by atoms with Crippen molar-refractivity contribution in [1.82, 2.24) is 4.57 Å². The standard InChI is InChI=1S/C18H24N2/c1-2-3-5-10-16-15-20(14-9-4-8-13-19)18-12-7-6-11-17(16)18/h6-7,11-12,15H,2-5,8-10,14H2,1H3. The van der Waals surface area contributed by atoms with Crippen molar-refractivity contribution >= 4 is 10.9 Å².